The molecular weight excluding hydrogens is 204 g/mol. The summed E-state index contributed by atoms with van der Waals surface area (Å²) in [5.74, 6) is 1.28. The van der Waals surface area contributed by atoms with E-state index in [1.54, 1.807) is 0 Å². The first-order chi connectivity index (χ1) is 7.63. The molecule has 1 rings (SSSR count). The summed E-state index contributed by atoms with van der Waals surface area (Å²) >= 11 is 0. The van der Waals surface area contributed by atoms with Crippen LogP contribution in [0.15, 0.2) is 24.3 Å². The molecule has 3 nitrogen and oxygen atoms in total. The minimum Gasteiger partial charge on any atom is -0.400 e. The second-order valence-corrected chi connectivity index (χ2v) is 3.94. The van der Waals surface area contributed by atoms with E-state index < -0.39 is 0 Å². The van der Waals surface area contributed by atoms with Gasteiger partial charge in [-0.3, -0.25) is 10.5 Å². The van der Waals surface area contributed by atoms with Crippen LogP contribution in [-0.2, 0) is 0 Å². The Bertz CT molecular complexity index is 230. The van der Waals surface area contributed by atoms with E-state index in [-0.39, 0.29) is 0 Å². The second-order valence-electron chi connectivity index (χ2n) is 3.94. The molecule has 0 atom stereocenters. The standard InChI is InChI=1S/C12H18.CH4O.H2O2/c1-9(2)11-7-5-6-8-12(11)10(3)4;2*1-2/h5-10H,1-4H3;2H,1H3;1-2H. The van der Waals surface area contributed by atoms with Crippen LogP contribution in [0, 0.1) is 0 Å². The van der Waals surface area contributed by atoms with Gasteiger partial charge in [0, 0.05) is 7.11 Å². The molecule has 0 aromatic heterocycles. The molecule has 0 spiro atoms. The van der Waals surface area contributed by atoms with Gasteiger partial charge in [-0.2, -0.15) is 0 Å². The number of hydrogen-bond acceptors (Lipinski definition) is 3. The largest absolute Gasteiger partial charge is 0.400 e. The highest BCUT2D eigenvalue weighted by Crippen LogP contribution is 2.25. The SMILES string of the molecule is CC(C)c1ccccc1C(C)C.CO.OO. The third-order valence-electron chi connectivity index (χ3n) is 2.24. The van der Waals surface area contributed by atoms with Gasteiger partial charge in [0.05, 0.1) is 0 Å². The molecule has 0 bridgehead atoms. The Labute approximate surface area is 98.3 Å². The van der Waals surface area contributed by atoms with Crippen molar-refractivity contribution < 1.29 is 15.6 Å². The van der Waals surface area contributed by atoms with Crippen LogP contribution < -0.4 is 0 Å². The number of hydrogen-bond donors (Lipinski definition) is 3. The Morgan fingerprint density at radius 3 is 1.19 bits per heavy atom. The Hall–Kier alpha value is -0.900. The van der Waals surface area contributed by atoms with E-state index in [0.717, 1.165) is 7.11 Å². The van der Waals surface area contributed by atoms with E-state index in [2.05, 4.69) is 52.0 Å². The van der Waals surface area contributed by atoms with Crippen molar-refractivity contribution in [3.8, 4) is 0 Å². The molecule has 3 heteroatoms. The molecule has 0 saturated carbocycles. The molecular formula is C13H24O3. The van der Waals surface area contributed by atoms with E-state index in [1.807, 2.05) is 0 Å². The summed E-state index contributed by atoms with van der Waals surface area (Å²) in [6.07, 6.45) is 0. The Kier molecular flexibility index (Phi) is 11.6. The molecule has 1 aromatic carbocycles. The molecule has 0 aliphatic rings. The first kappa shape index (κ1) is 17.5. The van der Waals surface area contributed by atoms with Crippen molar-refractivity contribution in [2.45, 2.75) is 39.5 Å². The van der Waals surface area contributed by atoms with Crippen LogP contribution in [-0.4, -0.2) is 22.7 Å². The van der Waals surface area contributed by atoms with Gasteiger partial charge in [-0.25, -0.2) is 0 Å². The van der Waals surface area contributed by atoms with Gasteiger partial charge in [0.1, 0.15) is 0 Å². The Morgan fingerprint density at radius 1 is 0.750 bits per heavy atom. The van der Waals surface area contributed by atoms with Crippen molar-refractivity contribution in [2.75, 3.05) is 7.11 Å². The molecule has 94 valence electrons. The van der Waals surface area contributed by atoms with Gasteiger partial charge in [-0.1, -0.05) is 52.0 Å². The third kappa shape index (κ3) is 5.85. The highest BCUT2D eigenvalue weighted by molar-refractivity contribution is 5.31. The third-order valence-corrected chi connectivity index (χ3v) is 2.24. The summed E-state index contributed by atoms with van der Waals surface area (Å²) < 4.78 is 0. The summed E-state index contributed by atoms with van der Waals surface area (Å²) in [6, 6.07) is 8.72. The van der Waals surface area contributed by atoms with Crippen LogP contribution >= 0.6 is 0 Å². The minimum absolute atomic E-state index is 0.642. The van der Waals surface area contributed by atoms with Crippen molar-refractivity contribution in [2.24, 2.45) is 0 Å². The zero-order valence-electron chi connectivity index (χ0n) is 10.8. The Morgan fingerprint density at radius 2 is 1.00 bits per heavy atom. The molecule has 16 heavy (non-hydrogen) atoms. The normalized spacial score (nSPS) is 9.12. The highest BCUT2D eigenvalue weighted by atomic mass is 17.0. The summed E-state index contributed by atoms with van der Waals surface area (Å²) in [4.78, 5) is 0. The van der Waals surface area contributed by atoms with Crippen LogP contribution in [0.4, 0.5) is 0 Å². The maximum atomic E-state index is 7.00. The van der Waals surface area contributed by atoms with Crippen molar-refractivity contribution in [3.63, 3.8) is 0 Å². The predicted molar refractivity (Wildman–Crippen MR) is 68.0 cm³/mol. The molecule has 0 fully saturated rings. The fourth-order valence-electron chi connectivity index (χ4n) is 1.56. The van der Waals surface area contributed by atoms with Gasteiger partial charge in [0.2, 0.25) is 0 Å². The number of aliphatic hydroxyl groups is 1. The number of benzene rings is 1. The molecule has 0 aliphatic carbocycles. The summed E-state index contributed by atoms with van der Waals surface area (Å²) in [5.41, 5.74) is 2.99. The number of aliphatic hydroxyl groups excluding tert-OH is 1. The predicted octanol–water partition coefficient (Wildman–Crippen LogP) is 3.56. The van der Waals surface area contributed by atoms with Crippen LogP contribution in [0.25, 0.3) is 0 Å². The van der Waals surface area contributed by atoms with Gasteiger partial charge in [-0.15, -0.1) is 0 Å². The number of rotatable bonds is 2. The van der Waals surface area contributed by atoms with Gasteiger partial charge in [0.25, 0.3) is 0 Å². The molecule has 0 amide bonds. The quantitative estimate of drug-likeness (QED) is 0.536. The maximum absolute atomic E-state index is 7.00. The molecule has 0 radical (unpaired) electrons. The van der Waals surface area contributed by atoms with Crippen LogP contribution in [0.3, 0.4) is 0 Å². The van der Waals surface area contributed by atoms with Gasteiger partial charge in [-0.05, 0) is 23.0 Å². The van der Waals surface area contributed by atoms with Crippen molar-refractivity contribution in [1.82, 2.24) is 0 Å². The maximum Gasteiger partial charge on any atom is 0.0319 e. The smallest absolute Gasteiger partial charge is 0.0319 e. The summed E-state index contributed by atoms with van der Waals surface area (Å²) in [6.45, 7) is 9.00. The van der Waals surface area contributed by atoms with Crippen molar-refractivity contribution in [3.05, 3.63) is 35.4 Å². The van der Waals surface area contributed by atoms with Gasteiger partial charge in [0.15, 0.2) is 0 Å². The van der Waals surface area contributed by atoms with Crippen molar-refractivity contribution >= 4 is 0 Å². The molecule has 0 unspecified atom stereocenters. The van der Waals surface area contributed by atoms with Crippen LogP contribution in [0.1, 0.15) is 50.7 Å². The van der Waals surface area contributed by atoms with Crippen LogP contribution in [0.5, 0.6) is 0 Å². The lowest BCUT2D eigenvalue weighted by molar-refractivity contribution is -0.176. The average Bonchev–Trinajstić information content (AvgIpc) is 2.34. The first-order valence-electron chi connectivity index (χ1n) is 5.36. The zero-order chi connectivity index (χ0) is 13.1. The van der Waals surface area contributed by atoms with E-state index in [0.29, 0.717) is 11.8 Å². The zero-order valence-corrected chi connectivity index (χ0v) is 10.8. The average molecular weight is 228 g/mol. The van der Waals surface area contributed by atoms with Crippen LogP contribution in [0.2, 0.25) is 0 Å². The topological polar surface area (TPSA) is 60.7 Å². The molecule has 1 aromatic rings. The lowest BCUT2D eigenvalue weighted by atomic mass is 9.91. The summed E-state index contributed by atoms with van der Waals surface area (Å²) in [7, 11) is 1.00. The lowest BCUT2D eigenvalue weighted by Crippen LogP contribution is -1.97. The fraction of sp³-hybridized carbons (Fsp3) is 0.538. The highest BCUT2D eigenvalue weighted by Gasteiger charge is 2.07. The van der Waals surface area contributed by atoms with Gasteiger partial charge < -0.3 is 5.11 Å². The second kappa shape index (κ2) is 10.6. The fourth-order valence-corrected chi connectivity index (χ4v) is 1.56. The van der Waals surface area contributed by atoms with E-state index >= 15 is 0 Å². The van der Waals surface area contributed by atoms with Crippen molar-refractivity contribution in [1.29, 1.82) is 0 Å². The molecule has 0 heterocycles. The molecule has 0 aliphatic heterocycles. The lowest BCUT2D eigenvalue weighted by Gasteiger charge is -2.14. The monoisotopic (exact) mass is 228 g/mol. The summed E-state index contributed by atoms with van der Waals surface area (Å²) in [5, 5.41) is 19.0. The minimum atomic E-state index is 0.642. The molecule has 0 saturated heterocycles. The first-order valence-corrected chi connectivity index (χ1v) is 5.36. The molecule has 3 N–H and O–H groups in total. The Balaban J connectivity index is 0. The van der Waals surface area contributed by atoms with E-state index in [4.69, 9.17) is 15.6 Å². The van der Waals surface area contributed by atoms with E-state index in [9.17, 15) is 0 Å². The van der Waals surface area contributed by atoms with E-state index in [1.165, 1.54) is 11.1 Å². The van der Waals surface area contributed by atoms with Gasteiger partial charge >= 0.3 is 0 Å².